The Morgan fingerprint density at radius 3 is 2.89 bits per heavy atom. The predicted octanol–water partition coefficient (Wildman–Crippen LogP) is 2.42. The lowest BCUT2D eigenvalue weighted by Gasteiger charge is -2.06. The van der Waals surface area contributed by atoms with Crippen LogP contribution in [0.3, 0.4) is 0 Å². The van der Waals surface area contributed by atoms with E-state index in [1.54, 1.807) is 24.4 Å². The number of rotatable bonds is 5. The molecule has 0 unspecified atom stereocenters. The van der Waals surface area contributed by atoms with Crippen molar-refractivity contribution in [2.24, 2.45) is 0 Å². The number of aromatic nitrogens is 1. The molecule has 0 aliphatic carbocycles. The van der Waals surface area contributed by atoms with Crippen molar-refractivity contribution in [1.82, 2.24) is 10.3 Å². The Labute approximate surface area is 111 Å². The van der Waals surface area contributed by atoms with Gasteiger partial charge >= 0.3 is 0 Å². The van der Waals surface area contributed by atoms with Crippen molar-refractivity contribution in [1.29, 1.82) is 5.26 Å². The minimum Gasteiger partial charge on any atom is -0.312 e. The zero-order valence-corrected chi connectivity index (χ0v) is 10.4. The summed E-state index contributed by atoms with van der Waals surface area (Å²) in [5, 5.41) is 12.0. The molecular formula is C15H14FN3. The van der Waals surface area contributed by atoms with Crippen molar-refractivity contribution >= 4 is 0 Å². The summed E-state index contributed by atoms with van der Waals surface area (Å²) in [6.45, 7) is 1.33. The molecule has 2 rings (SSSR count). The van der Waals surface area contributed by atoms with E-state index in [-0.39, 0.29) is 5.82 Å². The van der Waals surface area contributed by atoms with Gasteiger partial charge in [-0.25, -0.2) is 9.37 Å². The number of nitrogens with one attached hydrogen (secondary N) is 1. The molecule has 0 amide bonds. The topological polar surface area (TPSA) is 48.7 Å². The van der Waals surface area contributed by atoms with Crippen LogP contribution in [0, 0.1) is 17.1 Å². The predicted molar refractivity (Wildman–Crippen MR) is 70.8 cm³/mol. The van der Waals surface area contributed by atoms with Gasteiger partial charge in [0.15, 0.2) is 0 Å². The molecule has 0 saturated heterocycles. The highest BCUT2D eigenvalue weighted by molar-refractivity contribution is 5.25. The SMILES string of the molecule is N#Cc1cc(CNCCc2ccccc2F)ccn1. The molecule has 1 heterocycles. The first-order valence-corrected chi connectivity index (χ1v) is 6.09. The minimum atomic E-state index is -0.167. The fraction of sp³-hybridized carbons (Fsp3) is 0.200. The fourth-order valence-corrected chi connectivity index (χ4v) is 1.80. The van der Waals surface area contributed by atoms with Crippen LogP contribution >= 0.6 is 0 Å². The van der Waals surface area contributed by atoms with E-state index in [1.807, 2.05) is 18.2 Å². The molecule has 0 bridgehead atoms. The van der Waals surface area contributed by atoms with Crippen LogP contribution in [0.15, 0.2) is 42.6 Å². The van der Waals surface area contributed by atoms with Gasteiger partial charge in [0, 0.05) is 12.7 Å². The molecule has 0 saturated carbocycles. The molecule has 1 N–H and O–H groups in total. The largest absolute Gasteiger partial charge is 0.312 e. The van der Waals surface area contributed by atoms with Crippen LogP contribution in [0.2, 0.25) is 0 Å². The maximum absolute atomic E-state index is 13.4. The van der Waals surface area contributed by atoms with Gasteiger partial charge < -0.3 is 5.32 Å². The van der Waals surface area contributed by atoms with Gasteiger partial charge in [0.1, 0.15) is 17.6 Å². The standard InChI is InChI=1S/C15H14FN3/c16-15-4-2-1-3-13(15)6-7-18-11-12-5-8-19-14(9-12)10-17/h1-5,8-9,18H,6-7,11H2. The summed E-state index contributed by atoms with van der Waals surface area (Å²) in [7, 11) is 0. The summed E-state index contributed by atoms with van der Waals surface area (Å²) in [4.78, 5) is 3.91. The summed E-state index contributed by atoms with van der Waals surface area (Å²) in [5.74, 6) is -0.167. The number of nitrogens with zero attached hydrogens (tertiary/aromatic N) is 2. The summed E-state index contributed by atoms with van der Waals surface area (Å²) in [6, 6.07) is 12.4. The van der Waals surface area contributed by atoms with Crippen LogP contribution < -0.4 is 5.32 Å². The Balaban J connectivity index is 1.81. The maximum atomic E-state index is 13.4. The second kappa shape index (κ2) is 6.62. The van der Waals surface area contributed by atoms with Gasteiger partial charge in [-0.2, -0.15) is 5.26 Å². The summed E-state index contributed by atoms with van der Waals surface area (Å²) in [5.41, 5.74) is 2.12. The van der Waals surface area contributed by atoms with Crippen molar-refractivity contribution < 1.29 is 4.39 Å². The highest BCUT2D eigenvalue weighted by atomic mass is 19.1. The Kier molecular flexibility index (Phi) is 4.60. The number of hydrogen-bond donors (Lipinski definition) is 1. The molecule has 0 radical (unpaired) electrons. The molecular weight excluding hydrogens is 241 g/mol. The van der Waals surface area contributed by atoms with E-state index < -0.39 is 0 Å². The lowest BCUT2D eigenvalue weighted by Crippen LogP contribution is -2.17. The van der Waals surface area contributed by atoms with E-state index in [9.17, 15) is 4.39 Å². The molecule has 3 nitrogen and oxygen atoms in total. The van der Waals surface area contributed by atoms with E-state index >= 15 is 0 Å². The first kappa shape index (κ1) is 13.2. The monoisotopic (exact) mass is 255 g/mol. The van der Waals surface area contributed by atoms with E-state index in [2.05, 4.69) is 10.3 Å². The quantitative estimate of drug-likeness (QED) is 0.835. The van der Waals surface area contributed by atoms with Crippen molar-refractivity contribution in [3.05, 3.63) is 65.2 Å². The Morgan fingerprint density at radius 1 is 1.26 bits per heavy atom. The van der Waals surface area contributed by atoms with Crippen molar-refractivity contribution in [3.8, 4) is 6.07 Å². The normalized spacial score (nSPS) is 10.1. The van der Waals surface area contributed by atoms with Gasteiger partial charge in [0.2, 0.25) is 0 Å². The van der Waals surface area contributed by atoms with Gasteiger partial charge in [0.25, 0.3) is 0 Å². The first-order valence-electron chi connectivity index (χ1n) is 6.09. The van der Waals surface area contributed by atoms with E-state index in [1.165, 1.54) is 6.07 Å². The molecule has 1 aromatic heterocycles. The van der Waals surface area contributed by atoms with Crippen LogP contribution in [0.5, 0.6) is 0 Å². The van der Waals surface area contributed by atoms with Crippen LogP contribution in [-0.4, -0.2) is 11.5 Å². The van der Waals surface area contributed by atoms with Crippen LogP contribution in [0.4, 0.5) is 4.39 Å². The van der Waals surface area contributed by atoms with Crippen LogP contribution in [-0.2, 0) is 13.0 Å². The molecule has 4 heteroatoms. The second-order valence-electron chi connectivity index (χ2n) is 4.18. The third-order valence-corrected chi connectivity index (χ3v) is 2.80. The average Bonchev–Trinajstić information content (AvgIpc) is 2.45. The molecule has 96 valence electrons. The van der Waals surface area contributed by atoms with Crippen LogP contribution in [0.1, 0.15) is 16.8 Å². The lowest BCUT2D eigenvalue weighted by molar-refractivity contribution is 0.598. The molecule has 0 atom stereocenters. The molecule has 0 aliphatic heterocycles. The van der Waals surface area contributed by atoms with Gasteiger partial charge in [-0.1, -0.05) is 18.2 Å². The third kappa shape index (κ3) is 3.87. The Hall–Kier alpha value is -2.25. The molecule has 0 spiro atoms. The lowest BCUT2D eigenvalue weighted by atomic mass is 10.1. The second-order valence-corrected chi connectivity index (χ2v) is 4.18. The van der Waals surface area contributed by atoms with Gasteiger partial charge in [-0.05, 0) is 42.3 Å². The fourth-order valence-electron chi connectivity index (χ4n) is 1.80. The average molecular weight is 255 g/mol. The number of hydrogen-bond acceptors (Lipinski definition) is 3. The molecule has 0 fully saturated rings. The van der Waals surface area contributed by atoms with Crippen molar-refractivity contribution in [2.75, 3.05) is 6.54 Å². The van der Waals surface area contributed by atoms with Crippen molar-refractivity contribution in [3.63, 3.8) is 0 Å². The smallest absolute Gasteiger partial charge is 0.140 e. The zero-order chi connectivity index (χ0) is 13.5. The van der Waals surface area contributed by atoms with Gasteiger partial charge in [-0.3, -0.25) is 0 Å². The summed E-state index contributed by atoms with van der Waals surface area (Å²) in [6.07, 6.45) is 2.26. The number of benzene rings is 1. The molecule has 19 heavy (non-hydrogen) atoms. The third-order valence-electron chi connectivity index (χ3n) is 2.80. The highest BCUT2D eigenvalue weighted by Crippen LogP contribution is 2.06. The van der Waals surface area contributed by atoms with E-state index in [4.69, 9.17) is 5.26 Å². The number of nitriles is 1. The molecule has 0 aliphatic rings. The summed E-state index contributed by atoms with van der Waals surface area (Å²) < 4.78 is 13.4. The number of pyridine rings is 1. The minimum absolute atomic E-state index is 0.167. The zero-order valence-electron chi connectivity index (χ0n) is 10.4. The van der Waals surface area contributed by atoms with E-state index in [0.717, 1.165) is 5.56 Å². The van der Waals surface area contributed by atoms with Crippen molar-refractivity contribution in [2.45, 2.75) is 13.0 Å². The van der Waals surface area contributed by atoms with Crippen LogP contribution in [0.25, 0.3) is 0 Å². The first-order chi connectivity index (χ1) is 9.29. The maximum Gasteiger partial charge on any atom is 0.140 e. The summed E-state index contributed by atoms with van der Waals surface area (Å²) >= 11 is 0. The Bertz CT molecular complexity index is 590. The highest BCUT2D eigenvalue weighted by Gasteiger charge is 2.00. The van der Waals surface area contributed by atoms with Gasteiger partial charge in [-0.15, -0.1) is 0 Å². The number of halogens is 1. The Morgan fingerprint density at radius 2 is 2.11 bits per heavy atom. The molecule has 2 aromatic rings. The molecule has 1 aromatic carbocycles. The van der Waals surface area contributed by atoms with E-state index in [0.29, 0.717) is 30.8 Å². The van der Waals surface area contributed by atoms with Gasteiger partial charge in [0.05, 0.1) is 0 Å².